The Morgan fingerprint density at radius 3 is 2.62 bits per heavy atom. The number of benzene rings is 1. The summed E-state index contributed by atoms with van der Waals surface area (Å²) in [5, 5.41) is 17.6. The molecular formula is C12H7FN2O4S2. The van der Waals surface area contributed by atoms with E-state index in [2.05, 4.69) is 4.72 Å². The maximum Gasteiger partial charge on any atom is 0.345 e. The highest BCUT2D eigenvalue weighted by Crippen LogP contribution is 2.26. The number of rotatable bonds is 4. The molecule has 2 rings (SSSR count). The minimum Gasteiger partial charge on any atom is -0.477 e. The highest BCUT2D eigenvalue weighted by molar-refractivity contribution is 7.94. The van der Waals surface area contributed by atoms with E-state index in [9.17, 15) is 17.6 Å². The summed E-state index contributed by atoms with van der Waals surface area (Å²) in [7, 11) is -4.09. The molecule has 0 aliphatic carbocycles. The van der Waals surface area contributed by atoms with Gasteiger partial charge in [-0.15, -0.1) is 11.3 Å². The Morgan fingerprint density at radius 1 is 1.33 bits per heavy atom. The van der Waals surface area contributed by atoms with Crippen molar-refractivity contribution in [3.8, 4) is 6.07 Å². The summed E-state index contributed by atoms with van der Waals surface area (Å²) < 4.78 is 39.4. The quantitative estimate of drug-likeness (QED) is 0.896. The number of nitrogens with zero attached hydrogens (tertiary/aromatic N) is 1. The summed E-state index contributed by atoms with van der Waals surface area (Å²) in [5.41, 5.74) is -0.640. The Morgan fingerprint density at radius 2 is 2.05 bits per heavy atom. The first-order valence-corrected chi connectivity index (χ1v) is 7.69. The van der Waals surface area contributed by atoms with Gasteiger partial charge in [0.2, 0.25) is 0 Å². The average Bonchev–Trinajstić information content (AvgIpc) is 2.89. The van der Waals surface area contributed by atoms with Crippen LogP contribution >= 0.6 is 11.3 Å². The van der Waals surface area contributed by atoms with Crippen LogP contribution in [0.15, 0.2) is 34.5 Å². The molecule has 0 saturated carbocycles. The first-order chi connectivity index (χ1) is 9.85. The van der Waals surface area contributed by atoms with Crippen molar-refractivity contribution in [2.24, 2.45) is 0 Å². The minimum absolute atomic E-state index is 0.143. The van der Waals surface area contributed by atoms with Gasteiger partial charge in [0.1, 0.15) is 26.5 Å². The van der Waals surface area contributed by atoms with Gasteiger partial charge in [-0.3, -0.25) is 4.72 Å². The van der Waals surface area contributed by atoms with Gasteiger partial charge in [-0.25, -0.2) is 17.6 Å². The normalized spacial score (nSPS) is 10.9. The Balaban J connectivity index is 2.40. The Bertz CT molecular complexity index is 852. The molecule has 0 bridgehead atoms. The smallest absolute Gasteiger partial charge is 0.345 e. The second-order valence-corrected chi connectivity index (χ2v) is 6.80. The summed E-state index contributed by atoms with van der Waals surface area (Å²) in [5.74, 6) is -2.10. The molecular weight excluding hydrogens is 319 g/mol. The summed E-state index contributed by atoms with van der Waals surface area (Å²) in [6, 6.07) is 7.37. The molecule has 9 heteroatoms. The number of nitriles is 1. The lowest BCUT2D eigenvalue weighted by Gasteiger charge is -2.08. The van der Waals surface area contributed by atoms with Crippen molar-refractivity contribution in [2.45, 2.75) is 4.21 Å². The number of carbonyl (C=O) groups is 1. The van der Waals surface area contributed by atoms with Crippen LogP contribution < -0.4 is 4.72 Å². The lowest BCUT2D eigenvalue weighted by Crippen LogP contribution is -2.13. The molecule has 1 aromatic carbocycles. The zero-order chi connectivity index (χ0) is 15.6. The van der Waals surface area contributed by atoms with Gasteiger partial charge in [-0.05, 0) is 24.3 Å². The Hall–Kier alpha value is -2.44. The molecule has 2 N–H and O–H groups in total. The third kappa shape index (κ3) is 3.01. The molecule has 0 aliphatic rings. The van der Waals surface area contributed by atoms with Crippen LogP contribution in [0.3, 0.4) is 0 Å². The third-order valence-corrected chi connectivity index (χ3v) is 5.36. The number of carboxylic acid groups (broad SMARTS) is 1. The van der Waals surface area contributed by atoms with Crippen molar-refractivity contribution >= 4 is 33.0 Å². The molecule has 0 radical (unpaired) electrons. The van der Waals surface area contributed by atoms with Gasteiger partial charge in [-0.1, -0.05) is 6.07 Å². The van der Waals surface area contributed by atoms with E-state index in [1.54, 1.807) is 6.07 Å². The van der Waals surface area contributed by atoms with E-state index in [4.69, 9.17) is 10.4 Å². The predicted octanol–water partition coefficient (Wildman–Crippen LogP) is 2.26. The predicted molar refractivity (Wildman–Crippen MR) is 73.2 cm³/mol. The molecule has 0 unspecified atom stereocenters. The van der Waals surface area contributed by atoms with Gasteiger partial charge >= 0.3 is 5.97 Å². The second kappa shape index (κ2) is 5.51. The van der Waals surface area contributed by atoms with E-state index in [0.717, 1.165) is 18.2 Å². The van der Waals surface area contributed by atoms with Crippen molar-refractivity contribution in [3.63, 3.8) is 0 Å². The highest BCUT2D eigenvalue weighted by atomic mass is 32.2. The lowest BCUT2D eigenvalue weighted by atomic mass is 10.2. The van der Waals surface area contributed by atoms with E-state index in [-0.39, 0.29) is 14.8 Å². The van der Waals surface area contributed by atoms with Crippen molar-refractivity contribution < 1.29 is 22.7 Å². The van der Waals surface area contributed by atoms with E-state index >= 15 is 0 Å². The number of hydrogen-bond acceptors (Lipinski definition) is 5. The van der Waals surface area contributed by atoms with E-state index in [1.807, 2.05) is 0 Å². The summed E-state index contributed by atoms with van der Waals surface area (Å²) in [6.45, 7) is 0. The fourth-order valence-electron chi connectivity index (χ4n) is 1.50. The minimum atomic E-state index is -4.09. The van der Waals surface area contributed by atoms with Gasteiger partial charge < -0.3 is 5.11 Å². The molecule has 6 nitrogen and oxygen atoms in total. The van der Waals surface area contributed by atoms with Gasteiger partial charge in [0, 0.05) is 0 Å². The van der Waals surface area contributed by atoms with Crippen LogP contribution in [0.1, 0.15) is 15.2 Å². The van der Waals surface area contributed by atoms with Gasteiger partial charge in [0.15, 0.2) is 0 Å². The number of aromatic carboxylic acids is 1. The van der Waals surface area contributed by atoms with Crippen LogP contribution in [-0.2, 0) is 10.0 Å². The molecule has 0 spiro atoms. The summed E-state index contributed by atoms with van der Waals surface area (Å²) in [6.07, 6.45) is 0. The number of carboxylic acids is 1. The maximum absolute atomic E-state index is 13.4. The van der Waals surface area contributed by atoms with E-state index in [1.165, 1.54) is 12.1 Å². The van der Waals surface area contributed by atoms with Crippen molar-refractivity contribution in [3.05, 3.63) is 46.6 Å². The standard InChI is InChI=1S/C12H7FN2O4S2/c13-8-2-1-3-9(7(8)6-14)15-21(18,19)11-5-4-10(20-11)12(16)17/h1-5,15H,(H,16,17). The zero-order valence-electron chi connectivity index (χ0n) is 10.2. The SMILES string of the molecule is N#Cc1c(F)cccc1NS(=O)(=O)c1ccc(C(=O)O)s1. The van der Waals surface area contributed by atoms with Gasteiger partial charge in [0.25, 0.3) is 10.0 Å². The number of thiophene rings is 1. The molecule has 21 heavy (non-hydrogen) atoms. The van der Waals surface area contributed by atoms with Crippen LogP contribution in [0, 0.1) is 17.1 Å². The van der Waals surface area contributed by atoms with E-state index < -0.39 is 27.4 Å². The van der Waals surface area contributed by atoms with Crippen molar-refractivity contribution in [2.75, 3.05) is 4.72 Å². The molecule has 0 amide bonds. The van der Waals surface area contributed by atoms with E-state index in [0.29, 0.717) is 11.3 Å². The lowest BCUT2D eigenvalue weighted by molar-refractivity contribution is 0.0702. The number of hydrogen-bond donors (Lipinski definition) is 2. The number of nitrogens with one attached hydrogen (secondary N) is 1. The van der Waals surface area contributed by atoms with Crippen LogP contribution in [-0.4, -0.2) is 19.5 Å². The Kier molecular flexibility index (Phi) is 3.93. The number of halogens is 1. The summed E-state index contributed by atoms with van der Waals surface area (Å²) in [4.78, 5) is 10.6. The van der Waals surface area contributed by atoms with Crippen LogP contribution in [0.4, 0.5) is 10.1 Å². The Labute approximate surface area is 123 Å². The highest BCUT2D eigenvalue weighted by Gasteiger charge is 2.21. The van der Waals surface area contributed by atoms with Gasteiger partial charge in [0.05, 0.1) is 5.69 Å². The van der Waals surface area contributed by atoms with Crippen LogP contribution in [0.25, 0.3) is 0 Å². The fourth-order valence-corrected chi connectivity index (χ4v) is 3.71. The largest absolute Gasteiger partial charge is 0.477 e. The molecule has 0 fully saturated rings. The molecule has 0 saturated heterocycles. The van der Waals surface area contributed by atoms with Crippen molar-refractivity contribution in [1.82, 2.24) is 0 Å². The number of anilines is 1. The zero-order valence-corrected chi connectivity index (χ0v) is 11.8. The van der Waals surface area contributed by atoms with Crippen molar-refractivity contribution in [1.29, 1.82) is 5.26 Å². The fraction of sp³-hybridized carbons (Fsp3) is 0. The molecule has 1 heterocycles. The maximum atomic E-state index is 13.4. The molecule has 0 aliphatic heterocycles. The topological polar surface area (TPSA) is 107 Å². The first-order valence-electron chi connectivity index (χ1n) is 5.39. The molecule has 1 aromatic heterocycles. The summed E-state index contributed by atoms with van der Waals surface area (Å²) >= 11 is 0.558. The molecule has 0 atom stereocenters. The van der Waals surface area contributed by atoms with Crippen LogP contribution in [0.2, 0.25) is 0 Å². The third-order valence-electron chi connectivity index (χ3n) is 2.43. The average molecular weight is 326 g/mol. The van der Waals surface area contributed by atoms with Gasteiger partial charge in [-0.2, -0.15) is 5.26 Å². The number of sulfonamides is 1. The first kappa shape index (κ1) is 15.0. The molecule has 108 valence electrons. The molecule has 2 aromatic rings. The monoisotopic (exact) mass is 326 g/mol. The van der Waals surface area contributed by atoms with Crippen LogP contribution in [0.5, 0.6) is 0 Å². The second-order valence-electron chi connectivity index (χ2n) is 3.80.